The molecule has 3 N–H and O–H groups in total. The van der Waals surface area contributed by atoms with Gasteiger partial charge in [-0.2, -0.15) is 4.68 Å². The van der Waals surface area contributed by atoms with Gasteiger partial charge in [0.2, 0.25) is 11.4 Å². The Morgan fingerprint density at radius 3 is 2.26 bits per heavy atom. The second-order valence-electron chi connectivity index (χ2n) is 10.1. The van der Waals surface area contributed by atoms with Gasteiger partial charge in [-0.25, -0.2) is 9.59 Å². The topological polar surface area (TPSA) is 150 Å². The molecular weight excluding hydrogens is 549 g/mol. The zero-order valence-electron chi connectivity index (χ0n) is 21.6. The summed E-state index contributed by atoms with van der Waals surface area (Å²) in [5.74, 6) is 0.0746. The van der Waals surface area contributed by atoms with Crippen LogP contribution in [0.15, 0.2) is 50.8 Å². The lowest BCUT2D eigenvalue weighted by Gasteiger charge is -2.31. The van der Waals surface area contributed by atoms with Crippen LogP contribution in [0, 0.1) is 0 Å². The molecule has 2 heterocycles. The second-order valence-corrected chi connectivity index (χ2v) is 10.9. The van der Waals surface area contributed by atoms with E-state index in [-0.39, 0.29) is 33.0 Å². The van der Waals surface area contributed by atoms with Crippen molar-refractivity contribution in [3.8, 4) is 17.2 Å². The standard InChI is InChI=1S/C26H25Cl2N5O6/c1-12(2)15-11-20(34)29-19-7-6-14(10-16(15)19)39-21-17(27)8-13(9-18(21)28)33-24(36)30-23(35)22(31-33)32(25(37)38)26(3,4)5/h6-12H,1-5H3,(H,29,34)(H,37,38)(H,30,35,36). The van der Waals surface area contributed by atoms with Crippen molar-refractivity contribution in [2.75, 3.05) is 4.90 Å². The molecule has 0 spiro atoms. The molecule has 0 atom stereocenters. The molecule has 204 valence electrons. The van der Waals surface area contributed by atoms with Crippen LogP contribution >= 0.6 is 23.2 Å². The highest BCUT2D eigenvalue weighted by molar-refractivity contribution is 6.37. The number of hydrogen-bond acceptors (Lipinski definition) is 6. The van der Waals surface area contributed by atoms with Gasteiger partial charge < -0.3 is 14.8 Å². The molecule has 2 aromatic carbocycles. The Bertz CT molecular complexity index is 1760. The summed E-state index contributed by atoms with van der Waals surface area (Å²) in [6, 6.07) is 9.35. The van der Waals surface area contributed by atoms with Gasteiger partial charge in [0.1, 0.15) is 5.75 Å². The second kappa shape index (κ2) is 10.2. The van der Waals surface area contributed by atoms with Crippen molar-refractivity contribution >= 4 is 46.0 Å². The highest BCUT2D eigenvalue weighted by atomic mass is 35.5. The highest BCUT2D eigenvalue weighted by Gasteiger charge is 2.32. The van der Waals surface area contributed by atoms with Gasteiger partial charge in [-0.3, -0.25) is 19.5 Å². The van der Waals surface area contributed by atoms with Crippen LogP contribution in [0.4, 0.5) is 10.6 Å². The smallest absolute Gasteiger partial charge is 0.413 e. The number of anilines is 1. The Morgan fingerprint density at radius 2 is 1.69 bits per heavy atom. The molecule has 1 amide bonds. The van der Waals surface area contributed by atoms with E-state index in [1.165, 1.54) is 12.1 Å². The number of hydrogen-bond donors (Lipinski definition) is 3. The maximum absolute atomic E-state index is 12.6. The Kier molecular flexibility index (Phi) is 7.33. The van der Waals surface area contributed by atoms with Crippen LogP contribution in [0.3, 0.4) is 0 Å². The van der Waals surface area contributed by atoms with E-state index < -0.39 is 28.7 Å². The number of pyridine rings is 1. The highest BCUT2D eigenvalue weighted by Crippen LogP contribution is 2.39. The molecular formula is C26H25Cl2N5O6. The molecule has 4 rings (SSSR count). The van der Waals surface area contributed by atoms with Crippen molar-refractivity contribution in [3.63, 3.8) is 0 Å². The van der Waals surface area contributed by atoms with Crippen molar-refractivity contribution in [1.29, 1.82) is 0 Å². The molecule has 0 aliphatic carbocycles. The maximum atomic E-state index is 12.6. The summed E-state index contributed by atoms with van der Waals surface area (Å²) in [4.78, 5) is 54.6. The van der Waals surface area contributed by atoms with Gasteiger partial charge in [-0.15, -0.1) is 5.10 Å². The van der Waals surface area contributed by atoms with Crippen LogP contribution in [0.5, 0.6) is 11.5 Å². The van der Waals surface area contributed by atoms with Gasteiger partial charge in [0, 0.05) is 22.5 Å². The Labute approximate surface area is 231 Å². The zero-order valence-corrected chi connectivity index (χ0v) is 23.1. The van der Waals surface area contributed by atoms with Crippen LogP contribution in [0.1, 0.15) is 46.1 Å². The molecule has 0 aliphatic heterocycles. The number of aromatic nitrogens is 4. The van der Waals surface area contributed by atoms with Crippen molar-refractivity contribution in [2.24, 2.45) is 0 Å². The van der Waals surface area contributed by atoms with E-state index in [4.69, 9.17) is 27.9 Å². The first-order valence-electron chi connectivity index (χ1n) is 11.8. The summed E-state index contributed by atoms with van der Waals surface area (Å²) in [7, 11) is 0. The van der Waals surface area contributed by atoms with E-state index in [1.54, 1.807) is 45.0 Å². The molecule has 0 saturated heterocycles. The fraction of sp³-hybridized carbons (Fsp3) is 0.269. The first kappa shape index (κ1) is 27.9. The predicted octanol–water partition coefficient (Wildman–Crippen LogP) is 5.27. The Morgan fingerprint density at radius 1 is 1.05 bits per heavy atom. The van der Waals surface area contributed by atoms with Gasteiger partial charge in [0.15, 0.2) is 5.75 Å². The number of benzene rings is 2. The number of nitrogens with one attached hydrogen (secondary N) is 2. The van der Waals surface area contributed by atoms with Crippen molar-refractivity contribution < 1.29 is 14.6 Å². The van der Waals surface area contributed by atoms with Gasteiger partial charge in [-0.05, 0) is 62.6 Å². The number of carbonyl (C=O) groups is 1. The molecule has 0 fully saturated rings. The molecule has 0 radical (unpaired) electrons. The van der Waals surface area contributed by atoms with E-state index in [0.717, 1.165) is 20.5 Å². The summed E-state index contributed by atoms with van der Waals surface area (Å²) in [6.45, 7) is 8.68. The van der Waals surface area contributed by atoms with Crippen LogP contribution in [-0.2, 0) is 0 Å². The van der Waals surface area contributed by atoms with E-state index in [2.05, 4.69) is 15.1 Å². The Balaban J connectivity index is 1.78. The van der Waals surface area contributed by atoms with Crippen LogP contribution < -0.4 is 26.4 Å². The van der Waals surface area contributed by atoms with Crippen LogP contribution in [0.25, 0.3) is 16.6 Å². The fourth-order valence-electron chi connectivity index (χ4n) is 4.09. The quantitative estimate of drug-likeness (QED) is 0.294. The third-order valence-electron chi connectivity index (χ3n) is 5.80. The molecule has 2 aromatic heterocycles. The van der Waals surface area contributed by atoms with Gasteiger partial charge in [-0.1, -0.05) is 37.0 Å². The van der Waals surface area contributed by atoms with Crippen LogP contribution in [0.2, 0.25) is 10.0 Å². The number of amides is 1. The first-order chi connectivity index (χ1) is 18.2. The first-order valence-corrected chi connectivity index (χ1v) is 12.5. The molecule has 11 nitrogen and oxygen atoms in total. The number of fused-ring (bicyclic) bond motifs is 1. The van der Waals surface area contributed by atoms with Crippen molar-refractivity contribution in [1.82, 2.24) is 19.7 Å². The van der Waals surface area contributed by atoms with E-state index in [0.29, 0.717) is 11.3 Å². The van der Waals surface area contributed by atoms with Crippen LogP contribution in [-0.4, -0.2) is 36.5 Å². The molecule has 39 heavy (non-hydrogen) atoms. The number of ether oxygens (including phenoxy) is 1. The van der Waals surface area contributed by atoms with Gasteiger partial charge in [0.25, 0.3) is 5.56 Å². The largest absolute Gasteiger partial charge is 0.465 e. The lowest BCUT2D eigenvalue weighted by molar-refractivity contribution is 0.195. The minimum absolute atomic E-state index is 0.0236. The van der Waals surface area contributed by atoms with E-state index in [9.17, 15) is 24.3 Å². The minimum Gasteiger partial charge on any atom is -0.465 e. The molecule has 0 aliphatic rings. The predicted molar refractivity (Wildman–Crippen MR) is 149 cm³/mol. The minimum atomic E-state index is -1.43. The maximum Gasteiger partial charge on any atom is 0.413 e. The monoisotopic (exact) mass is 573 g/mol. The number of aromatic amines is 2. The molecule has 0 bridgehead atoms. The zero-order chi connectivity index (χ0) is 28.8. The summed E-state index contributed by atoms with van der Waals surface area (Å²) in [5, 5.41) is 14.5. The number of halogens is 2. The molecule has 13 heteroatoms. The third kappa shape index (κ3) is 5.55. The SMILES string of the molecule is CC(C)c1cc(=O)[nH]c2ccc(Oc3c(Cl)cc(-n4nc(N(C(=O)O)C(C)(C)C)c(=O)[nH]c4=O)cc3Cl)cc12. The number of rotatable bonds is 5. The number of carboxylic acid groups (broad SMARTS) is 1. The summed E-state index contributed by atoms with van der Waals surface area (Å²) in [5.41, 5.74) is -1.57. The molecule has 4 aromatic rings. The van der Waals surface area contributed by atoms with E-state index >= 15 is 0 Å². The van der Waals surface area contributed by atoms with Crippen molar-refractivity contribution in [3.05, 3.63) is 83.2 Å². The van der Waals surface area contributed by atoms with E-state index in [1.807, 2.05) is 13.8 Å². The summed E-state index contributed by atoms with van der Waals surface area (Å²) >= 11 is 13.0. The summed E-state index contributed by atoms with van der Waals surface area (Å²) < 4.78 is 6.78. The molecule has 0 unspecified atom stereocenters. The average molecular weight is 574 g/mol. The molecule has 0 saturated carbocycles. The van der Waals surface area contributed by atoms with Crippen molar-refractivity contribution in [2.45, 2.75) is 46.1 Å². The van der Waals surface area contributed by atoms with Gasteiger partial charge in [0.05, 0.1) is 15.7 Å². The lowest BCUT2D eigenvalue weighted by Crippen LogP contribution is -2.50. The number of nitrogens with zero attached hydrogens (tertiary/aromatic N) is 3. The fourth-order valence-corrected chi connectivity index (χ4v) is 4.65. The Hall–Kier alpha value is -4.09. The third-order valence-corrected chi connectivity index (χ3v) is 6.36. The normalized spacial score (nSPS) is 11.7. The summed E-state index contributed by atoms with van der Waals surface area (Å²) in [6.07, 6.45) is -1.43. The average Bonchev–Trinajstić information content (AvgIpc) is 2.81. The number of H-pyrrole nitrogens is 2. The lowest BCUT2D eigenvalue weighted by atomic mass is 9.99. The van der Waals surface area contributed by atoms with Gasteiger partial charge >= 0.3 is 11.8 Å².